The van der Waals surface area contributed by atoms with Gasteiger partial charge in [-0.3, -0.25) is 14.7 Å². The molecule has 2 saturated heterocycles. The molecule has 9 heteroatoms. The summed E-state index contributed by atoms with van der Waals surface area (Å²) in [5, 5.41) is 3.40. The van der Waals surface area contributed by atoms with Gasteiger partial charge >= 0.3 is 0 Å². The SMILES string of the molecule is Cl.Cl.O=C(CCN1CCN(c2ccccn2)CC1)N1CCNCC1c1cccnc1. The normalized spacial score (nSPS) is 19.5. The molecule has 2 fully saturated rings. The highest BCUT2D eigenvalue weighted by atomic mass is 35.5. The molecular formula is C21H30Cl2N6O. The molecule has 0 spiro atoms. The minimum atomic E-state index is 0. The molecule has 7 nitrogen and oxygen atoms in total. The Morgan fingerprint density at radius 3 is 2.57 bits per heavy atom. The van der Waals surface area contributed by atoms with Crippen molar-refractivity contribution >= 4 is 36.5 Å². The lowest BCUT2D eigenvalue weighted by Gasteiger charge is -2.38. The van der Waals surface area contributed by atoms with E-state index in [9.17, 15) is 4.79 Å². The maximum atomic E-state index is 12.9. The summed E-state index contributed by atoms with van der Waals surface area (Å²) in [6.45, 7) is 7.07. The molecule has 30 heavy (non-hydrogen) atoms. The first-order valence-corrected chi connectivity index (χ1v) is 10.1. The summed E-state index contributed by atoms with van der Waals surface area (Å²) in [5.41, 5.74) is 1.10. The Morgan fingerprint density at radius 1 is 1.03 bits per heavy atom. The van der Waals surface area contributed by atoms with Crippen molar-refractivity contribution < 1.29 is 4.79 Å². The van der Waals surface area contributed by atoms with E-state index in [1.165, 1.54) is 0 Å². The van der Waals surface area contributed by atoms with Crippen LogP contribution in [0.4, 0.5) is 5.82 Å². The standard InChI is InChI=1S/C21H28N6O.2ClH/c28-21(27-11-9-23-17-19(27)18-4-3-7-22-16-18)6-10-25-12-14-26(15-13-25)20-5-1-2-8-24-20;;/h1-5,7-8,16,19,23H,6,9-15,17H2;2*1H. The second kappa shape index (κ2) is 12.1. The summed E-state index contributed by atoms with van der Waals surface area (Å²) in [4.78, 5) is 28.3. The highest BCUT2D eigenvalue weighted by Gasteiger charge is 2.28. The van der Waals surface area contributed by atoms with Crippen molar-refractivity contribution in [2.45, 2.75) is 12.5 Å². The number of aromatic nitrogens is 2. The summed E-state index contributed by atoms with van der Waals surface area (Å²) < 4.78 is 0. The van der Waals surface area contributed by atoms with Gasteiger partial charge in [-0.25, -0.2) is 4.98 Å². The molecule has 4 heterocycles. The number of carbonyl (C=O) groups excluding carboxylic acids is 1. The lowest BCUT2D eigenvalue weighted by molar-refractivity contribution is -0.135. The molecule has 0 aromatic carbocycles. The minimum absolute atomic E-state index is 0. The second-order valence-corrected chi connectivity index (χ2v) is 7.36. The van der Waals surface area contributed by atoms with Crippen molar-refractivity contribution in [1.82, 2.24) is 25.1 Å². The van der Waals surface area contributed by atoms with E-state index >= 15 is 0 Å². The highest BCUT2D eigenvalue weighted by molar-refractivity contribution is 5.85. The number of anilines is 1. The van der Waals surface area contributed by atoms with E-state index in [0.717, 1.165) is 63.7 Å². The maximum absolute atomic E-state index is 12.9. The van der Waals surface area contributed by atoms with Gasteiger partial charge in [0, 0.05) is 77.4 Å². The molecule has 2 aliphatic rings. The van der Waals surface area contributed by atoms with Crippen molar-refractivity contribution in [2.24, 2.45) is 0 Å². The number of carbonyl (C=O) groups is 1. The molecule has 1 N–H and O–H groups in total. The summed E-state index contributed by atoms with van der Waals surface area (Å²) >= 11 is 0. The second-order valence-electron chi connectivity index (χ2n) is 7.36. The molecule has 2 aromatic rings. The molecule has 1 unspecified atom stereocenters. The molecule has 1 amide bonds. The summed E-state index contributed by atoms with van der Waals surface area (Å²) in [5.74, 6) is 1.28. The van der Waals surface area contributed by atoms with E-state index in [-0.39, 0.29) is 36.8 Å². The van der Waals surface area contributed by atoms with Crippen molar-refractivity contribution in [3.63, 3.8) is 0 Å². The third-order valence-corrected chi connectivity index (χ3v) is 5.62. The quantitative estimate of drug-likeness (QED) is 0.748. The number of halogens is 2. The zero-order chi connectivity index (χ0) is 19.2. The number of amides is 1. The fraction of sp³-hybridized carbons (Fsp3) is 0.476. The minimum Gasteiger partial charge on any atom is -0.354 e. The summed E-state index contributed by atoms with van der Waals surface area (Å²) in [6, 6.07) is 10.1. The Balaban J connectivity index is 0.00000160. The molecule has 2 aromatic heterocycles. The van der Waals surface area contributed by atoms with E-state index in [1.807, 2.05) is 35.5 Å². The molecular weight excluding hydrogens is 423 g/mol. The van der Waals surface area contributed by atoms with Gasteiger partial charge < -0.3 is 15.1 Å². The summed E-state index contributed by atoms with van der Waals surface area (Å²) in [7, 11) is 0. The highest BCUT2D eigenvalue weighted by Crippen LogP contribution is 2.22. The van der Waals surface area contributed by atoms with Crippen LogP contribution in [-0.2, 0) is 4.79 Å². The van der Waals surface area contributed by atoms with Crippen LogP contribution in [-0.4, -0.2) is 78.0 Å². The smallest absolute Gasteiger partial charge is 0.224 e. The van der Waals surface area contributed by atoms with E-state index < -0.39 is 0 Å². The van der Waals surface area contributed by atoms with Gasteiger partial charge in [0.25, 0.3) is 0 Å². The van der Waals surface area contributed by atoms with Crippen LogP contribution in [0.3, 0.4) is 0 Å². The Hall–Kier alpha value is -1.93. The Bertz CT molecular complexity index is 759. The van der Waals surface area contributed by atoms with Gasteiger partial charge in [0.2, 0.25) is 5.91 Å². The zero-order valence-electron chi connectivity index (χ0n) is 17.0. The van der Waals surface area contributed by atoms with E-state index in [4.69, 9.17) is 0 Å². The molecule has 1 atom stereocenters. The predicted octanol–water partition coefficient (Wildman–Crippen LogP) is 2.01. The average molecular weight is 453 g/mol. The maximum Gasteiger partial charge on any atom is 0.224 e. The van der Waals surface area contributed by atoms with E-state index in [1.54, 1.807) is 6.20 Å². The van der Waals surface area contributed by atoms with Gasteiger partial charge in [-0.15, -0.1) is 24.8 Å². The van der Waals surface area contributed by atoms with Gasteiger partial charge in [-0.05, 0) is 23.8 Å². The number of hydrogen-bond donors (Lipinski definition) is 1. The molecule has 0 aliphatic carbocycles. The third kappa shape index (κ3) is 6.04. The number of hydrogen-bond acceptors (Lipinski definition) is 6. The Morgan fingerprint density at radius 2 is 1.87 bits per heavy atom. The first kappa shape index (κ1) is 24.3. The van der Waals surface area contributed by atoms with Crippen molar-refractivity contribution in [3.8, 4) is 0 Å². The van der Waals surface area contributed by atoms with Gasteiger partial charge in [0.05, 0.1) is 6.04 Å². The molecule has 0 radical (unpaired) electrons. The van der Waals surface area contributed by atoms with Crippen molar-refractivity contribution in [2.75, 3.05) is 57.3 Å². The van der Waals surface area contributed by atoms with Crippen LogP contribution in [0.25, 0.3) is 0 Å². The topological polar surface area (TPSA) is 64.6 Å². The third-order valence-electron chi connectivity index (χ3n) is 5.62. The lowest BCUT2D eigenvalue weighted by atomic mass is 10.0. The monoisotopic (exact) mass is 452 g/mol. The number of pyridine rings is 2. The molecule has 164 valence electrons. The van der Waals surface area contributed by atoms with Crippen molar-refractivity contribution in [3.05, 3.63) is 54.5 Å². The van der Waals surface area contributed by atoms with Crippen LogP contribution < -0.4 is 10.2 Å². The first-order valence-electron chi connectivity index (χ1n) is 10.1. The number of rotatable bonds is 5. The summed E-state index contributed by atoms with van der Waals surface area (Å²) in [6.07, 6.45) is 6.05. The van der Waals surface area contributed by atoms with Crippen LogP contribution in [0, 0.1) is 0 Å². The average Bonchev–Trinajstić information content (AvgIpc) is 2.79. The molecule has 4 rings (SSSR count). The number of nitrogens with one attached hydrogen (secondary N) is 1. The number of nitrogens with zero attached hydrogens (tertiary/aromatic N) is 5. The van der Waals surface area contributed by atoms with Gasteiger partial charge in [0.15, 0.2) is 0 Å². The van der Waals surface area contributed by atoms with Crippen molar-refractivity contribution in [1.29, 1.82) is 0 Å². The van der Waals surface area contributed by atoms with Gasteiger partial charge in [0.1, 0.15) is 5.82 Å². The zero-order valence-corrected chi connectivity index (χ0v) is 18.7. The first-order chi connectivity index (χ1) is 13.8. The van der Waals surface area contributed by atoms with Crippen LogP contribution in [0.5, 0.6) is 0 Å². The van der Waals surface area contributed by atoms with Crippen LogP contribution in [0.15, 0.2) is 48.9 Å². The fourth-order valence-electron chi connectivity index (χ4n) is 4.01. The Labute approximate surface area is 190 Å². The molecule has 2 aliphatic heterocycles. The fourth-order valence-corrected chi connectivity index (χ4v) is 4.01. The lowest BCUT2D eigenvalue weighted by Crippen LogP contribution is -2.50. The number of piperazine rings is 2. The van der Waals surface area contributed by atoms with Gasteiger partial charge in [-0.1, -0.05) is 12.1 Å². The van der Waals surface area contributed by atoms with Crippen LogP contribution in [0.2, 0.25) is 0 Å². The van der Waals surface area contributed by atoms with Crippen LogP contribution >= 0.6 is 24.8 Å². The molecule has 0 bridgehead atoms. The largest absolute Gasteiger partial charge is 0.354 e. The van der Waals surface area contributed by atoms with Crippen LogP contribution in [0.1, 0.15) is 18.0 Å². The van der Waals surface area contributed by atoms with E-state index in [0.29, 0.717) is 6.42 Å². The molecule has 0 saturated carbocycles. The van der Waals surface area contributed by atoms with Gasteiger partial charge in [-0.2, -0.15) is 0 Å². The predicted molar refractivity (Wildman–Crippen MR) is 124 cm³/mol. The Kier molecular flexibility index (Phi) is 9.78. The van der Waals surface area contributed by atoms with E-state index in [2.05, 4.69) is 37.2 Å².